The lowest BCUT2D eigenvalue weighted by molar-refractivity contribution is 0.237. The molecule has 1 aromatic carbocycles. The van der Waals surface area contributed by atoms with Gasteiger partial charge in [-0.2, -0.15) is 0 Å². The third-order valence-electron chi connectivity index (χ3n) is 4.56. The second-order valence-electron chi connectivity index (χ2n) is 6.20. The number of nitrogens with one attached hydrogen (secondary N) is 2. The SMILES string of the molecule is CC[C@@H](C)NC(=O)NCc1c(-c2cccs2)n(CC)c2ccccc12. The topological polar surface area (TPSA) is 46.1 Å². The zero-order valence-corrected chi connectivity index (χ0v) is 15.8. The highest BCUT2D eigenvalue weighted by Crippen LogP contribution is 2.36. The van der Waals surface area contributed by atoms with Gasteiger partial charge in [0, 0.05) is 35.6 Å². The summed E-state index contributed by atoms with van der Waals surface area (Å²) in [5.41, 5.74) is 3.61. The molecule has 2 heterocycles. The van der Waals surface area contributed by atoms with Crippen LogP contribution >= 0.6 is 11.3 Å². The highest BCUT2D eigenvalue weighted by Gasteiger charge is 2.19. The lowest BCUT2D eigenvalue weighted by Gasteiger charge is -2.13. The second-order valence-corrected chi connectivity index (χ2v) is 7.15. The van der Waals surface area contributed by atoms with Crippen LogP contribution in [0.25, 0.3) is 21.5 Å². The van der Waals surface area contributed by atoms with E-state index in [1.807, 2.05) is 6.92 Å². The van der Waals surface area contributed by atoms with Crippen LogP contribution in [0.4, 0.5) is 4.79 Å². The molecule has 2 aromatic heterocycles. The number of amides is 2. The minimum absolute atomic E-state index is 0.111. The number of hydrogen-bond donors (Lipinski definition) is 2. The van der Waals surface area contributed by atoms with Crippen molar-refractivity contribution in [3.8, 4) is 10.6 Å². The molecule has 132 valence electrons. The molecular formula is C20H25N3OS. The number of carbonyl (C=O) groups is 1. The van der Waals surface area contributed by atoms with Gasteiger partial charge in [-0.1, -0.05) is 31.2 Å². The Hall–Kier alpha value is -2.27. The van der Waals surface area contributed by atoms with Crippen LogP contribution in [0, 0.1) is 0 Å². The van der Waals surface area contributed by atoms with Crippen LogP contribution in [0.1, 0.15) is 32.8 Å². The van der Waals surface area contributed by atoms with E-state index in [0.717, 1.165) is 13.0 Å². The Labute approximate surface area is 152 Å². The van der Waals surface area contributed by atoms with E-state index in [1.54, 1.807) is 11.3 Å². The molecule has 2 N–H and O–H groups in total. The number of carbonyl (C=O) groups excluding carboxylic acids is 1. The molecule has 3 rings (SSSR count). The van der Waals surface area contributed by atoms with Crippen LogP contribution in [0.2, 0.25) is 0 Å². The quantitative estimate of drug-likeness (QED) is 0.643. The van der Waals surface area contributed by atoms with Crippen LogP contribution < -0.4 is 10.6 Å². The molecule has 2 amide bonds. The highest BCUT2D eigenvalue weighted by molar-refractivity contribution is 7.13. The van der Waals surface area contributed by atoms with Crippen molar-refractivity contribution in [2.75, 3.05) is 0 Å². The van der Waals surface area contributed by atoms with Gasteiger partial charge in [0.2, 0.25) is 0 Å². The van der Waals surface area contributed by atoms with Gasteiger partial charge in [0.15, 0.2) is 0 Å². The van der Waals surface area contributed by atoms with Gasteiger partial charge >= 0.3 is 6.03 Å². The van der Waals surface area contributed by atoms with Crippen molar-refractivity contribution in [2.24, 2.45) is 0 Å². The van der Waals surface area contributed by atoms with Gasteiger partial charge < -0.3 is 15.2 Å². The smallest absolute Gasteiger partial charge is 0.315 e. The number of thiophene rings is 1. The first kappa shape index (κ1) is 17.5. The molecule has 0 unspecified atom stereocenters. The van der Waals surface area contributed by atoms with Crippen molar-refractivity contribution in [3.63, 3.8) is 0 Å². The summed E-state index contributed by atoms with van der Waals surface area (Å²) in [6.45, 7) is 7.65. The zero-order chi connectivity index (χ0) is 17.8. The first-order valence-electron chi connectivity index (χ1n) is 8.84. The minimum Gasteiger partial charge on any atom is -0.340 e. The molecule has 5 heteroatoms. The van der Waals surface area contributed by atoms with Crippen molar-refractivity contribution in [2.45, 2.75) is 46.3 Å². The van der Waals surface area contributed by atoms with Gasteiger partial charge in [0.1, 0.15) is 0 Å². The van der Waals surface area contributed by atoms with E-state index in [0.29, 0.717) is 6.54 Å². The molecule has 0 saturated heterocycles. The Balaban J connectivity index is 1.98. The molecule has 25 heavy (non-hydrogen) atoms. The molecule has 0 fully saturated rings. The lowest BCUT2D eigenvalue weighted by atomic mass is 10.1. The molecule has 0 aliphatic heterocycles. The summed E-state index contributed by atoms with van der Waals surface area (Å²) in [6.07, 6.45) is 0.920. The molecule has 0 aliphatic rings. The number of para-hydroxylation sites is 1. The van der Waals surface area contributed by atoms with Crippen molar-refractivity contribution < 1.29 is 4.79 Å². The fourth-order valence-electron chi connectivity index (χ4n) is 3.12. The average Bonchev–Trinajstić information content (AvgIpc) is 3.25. The number of rotatable bonds is 6. The molecule has 0 saturated carbocycles. The van der Waals surface area contributed by atoms with Crippen molar-refractivity contribution in [1.82, 2.24) is 15.2 Å². The van der Waals surface area contributed by atoms with E-state index in [4.69, 9.17) is 0 Å². The summed E-state index contributed by atoms with van der Waals surface area (Å²) in [6, 6.07) is 12.7. The number of fused-ring (bicyclic) bond motifs is 1. The molecule has 0 spiro atoms. The monoisotopic (exact) mass is 355 g/mol. The third kappa shape index (κ3) is 3.56. The van der Waals surface area contributed by atoms with Gasteiger partial charge in [-0.25, -0.2) is 4.79 Å². The summed E-state index contributed by atoms with van der Waals surface area (Å²) >= 11 is 1.73. The fraction of sp³-hybridized carbons (Fsp3) is 0.350. The Morgan fingerprint density at radius 3 is 2.68 bits per heavy atom. The van der Waals surface area contributed by atoms with Gasteiger partial charge in [-0.05, 0) is 37.8 Å². The first-order chi connectivity index (χ1) is 12.2. The summed E-state index contributed by atoms with van der Waals surface area (Å²) < 4.78 is 2.34. The molecule has 1 atom stereocenters. The third-order valence-corrected chi connectivity index (χ3v) is 5.44. The van der Waals surface area contributed by atoms with Crippen LogP contribution in [-0.2, 0) is 13.1 Å². The maximum absolute atomic E-state index is 12.2. The number of nitrogens with zero attached hydrogens (tertiary/aromatic N) is 1. The zero-order valence-electron chi connectivity index (χ0n) is 15.0. The maximum atomic E-state index is 12.2. The number of urea groups is 1. The highest BCUT2D eigenvalue weighted by atomic mass is 32.1. The maximum Gasteiger partial charge on any atom is 0.315 e. The Morgan fingerprint density at radius 2 is 2.00 bits per heavy atom. The van der Waals surface area contributed by atoms with E-state index in [2.05, 4.69) is 70.8 Å². The largest absolute Gasteiger partial charge is 0.340 e. The van der Waals surface area contributed by atoms with E-state index in [9.17, 15) is 4.79 Å². The van der Waals surface area contributed by atoms with Crippen molar-refractivity contribution in [3.05, 3.63) is 47.3 Å². The molecule has 4 nitrogen and oxygen atoms in total. The van der Waals surface area contributed by atoms with E-state index >= 15 is 0 Å². The van der Waals surface area contributed by atoms with Gasteiger partial charge in [-0.3, -0.25) is 0 Å². The molecule has 0 aliphatic carbocycles. The second kappa shape index (κ2) is 7.74. The predicted octanol–water partition coefficient (Wildman–Crippen LogP) is 4.99. The Bertz CT molecular complexity index is 851. The fourth-order valence-corrected chi connectivity index (χ4v) is 3.93. The van der Waals surface area contributed by atoms with Gasteiger partial charge in [0.25, 0.3) is 0 Å². The first-order valence-corrected chi connectivity index (χ1v) is 9.72. The van der Waals surface area contributed by atoms with Crippen molar-refractivity contribution in [1.29, 1.82) is 0 Å². The van der Waals surface area contributed by atoms with Crippen LogP contribution in [0.5, 0.6) is 0 Å². The summed E-state index contributed by atoms with van der Waals surface area (Å²) in [4.78, 5) is 13.4. The molecule has 3 aromatic rings. The number of hydrogen-bond acceptors (Lipinski definition) is 2. The molecule has 0 radical (unpaired) electrons. The van der Waals surface area contributed by atoms with Crippen LogP contribution in [0.3, 0.4) is 0 Å². The number of aryl methyl sites for hydroxylation is 1. The Kier molecular flexibility index (Phi) is 5.43. The van der Waals surface area contributed by atoms with Crippen molar-refractivity contribution >= 4 is 28.3 Å². The van der Waals surface area contributed by atoms with E-state index < -0.39 is 0 Å². The van der Waals surface area contributed by atoms with Gasteiger partial charge in [0.05, 0.1) is 10.6 Å². The Morgan fingerprint density at radius 1 is 1.20 bits per heavy atom. The molecule has 0 bridgehead atoms. The lowest BCUT2D eigenvalue weighted by Crippen LogP contribution is -2.40. The van der Waals surface area contributed by atoms with E-state index in [-0.39, 0.29) is 12.1 Å². The number of aromatic nitrogens is 1. The standard InChI is InChI=1S/C20H25N3OS/c1-4-14(3)22-20(24)21-13-16-15-9-6-7-10-17(15)23(5-2)19(16)18-11-8-12-25-18/h6-12,14H,4-5,13H2,1-3H3,(H2,21,22,24)/t14-/m1/s1. The average molecular weight is 356 g/mol. The van der Waals surface area contributed by atoms with Gasteiger partial charge in [-0.15, -0.1) is 11.3 Å². The summed E-state index contributed by atoms with van der Waals surface area (Å²) in [7, 11) is 0. The summed E-state index contributed by atoms with van der Waals surface area (Å²) in [5, 5.41) is 9.31. The van der Waals surface area contributed by atoms with Crippen LogP contribution in [-0.4, -0.2) is 16.6 Å². The summed E-state index contributed by atoms with van der Waals surface area (Å²) in [5.74, 6) is 0. The molecular weight excluding hydrogens is 330 g/mol. The van der Waals surface area contributed by atoms with Crippen LogP contribution in [0.15, 0.2) is 41.8 Å². The predicted molar refractivity (Wildman–Crippen MR) is 106 cm³/mol. The number of benzene rings is 1. The minimum atomic E-state index is -0.111. The van der Waals surface area contributed by atoms with E-state index in [1.165, 1.54) is 27.0 Å². The normalized spacial score (nSPS) is 12.3.